The second-order valence-corrected chi connectivity index (χ2v) is 5.26. The van der Waals surface area contributed by atoms with Crippen molar-refractivity contribution in [2.75, 3.05) is 38.1 Å². The van der Waals surface area contributed by atoms with Crippen LogP contribution >= 0.6 is 0 Å². The van der Waals surface area contributed by atoms with Crippen molar-refractivity contribution in [1.29, 1.82) is 0 Å². The number of nitrogens with zero attached hydrogens (tertiary/aromatic N) is 4. The van der Waals surface area contributed by atoms with E-state index in [4.69, 9.17) is 0 Å². The standard InChI is InChI=1S/C14H18N4O2/c1-10-13(14(19)20)18-9-11(3-4-12(18)15-10)17-7-5-16(2)6-8-17/h3-4,9H,5-8H2,1-2H3,(H,19,20). The van der Waals surface area contributed by atoms with Gasteiger partial charge in [0.1, 0.15) is 5.65 Å². The lowest BCUT2D eigenvalue weighted by molar-refractivity contribution is 0.0688. The van der Waals surface area contributed by atoms with Crippen molar-refractivity contribution < 1.29 is 9.90 Å². The molecule has 1 N–H and O–H groups in total. The normalized spacial score (nSPS) is 16.8. The Kier molecular flexibility index (Phi) is 3.10. The van der Waals surface area contributed by atoms with Gasteiger partial charge in [0.25, 0.3) is 0 Å². The Morgan fingerprint density at radius 1 is 1.25 bits per heavy atom. The van der Waals surface area contributed by atoms with E-state index in [1.165, 1.54) is 0 Å². The van der Waals surface area contributed by atoms with Gasteiger partial charge in [0.2, 0.25) is 0 Å². The molecule has 0 amide bonds. The van der Waals surface area contributed by atoms with Crippen LogP contribution in [-0.4, -0.2) is 58.6 Å². The topological polar surface area (TPSA) is 61.1 Å². The van der Waals surface area contributed by atoms with Gasteiger partial charge in [-0.15, -0.1) is 0 Å². The number of likely N-dealkylation sites (N-methyl/N-ethyl adjacent to an activating group) is 1. The van der Waals surface area contributed by atoms with Gasteiger partial charge >= 0.3 is 5.97 Å². The van der Waals surface area contributed by atoms with Gasteiger partial charge in [0.05, 0.1) is 11.4 Å². The average molecular weight is 274 g/mol. The summed E-state index contributed by atoms with van der Waals surface area (Å²) in [5, 5.41) is 9.31. The monoisotopic (exact) mass is 274 g/mol. The van der Waals surface area contributed by atoms with Gasteiger partial charge in [-0.25, -0.2) is 9.78 Å². The van der Waals surface area contributed by atoms with Gasteiger partial charge in [0.15, 0.2) is 5.69 Å². The summed E-state index contributed by atoms with van der Waals surface area (Å²) in [7, 11) is 2.11. The van der Waals surface area contributed by atoms with Crippen molar-refractivity contribution in [3.8, 4) is 0 Å². The molecular formula is C14H18N4O2. The van der Waals surface area contributed by atoms with E-state index in [1.54, 1.807) is 11.3 Å². The molecular weight excluding hydrogens is 256 g/mol. The largest absolute Gasteiger partial charge is 0.477 e. The molecule has 0 aromatic carbocycles. The molecule has 1 aliphatic heterocycles. The molecule has 0 aliphatic carbocycles. The van der Waals surface area contributed by atoms with E-state index in [0.29, 0.717) is 11.3 Å². The van der Waals surface area contributed by atoms with Crippen LogP contribution in [0.3, 0.4) is 0 Å². The lowest BCUT2D eigenvalue weighted by Gasteiger charge is -2.34. The number of hydrogen-bond donors (Lipinski definition) is 1. The third-order valence-electron chi connectivity index (χ3n) is 3.85. The van der Waals surface area contributed by atoms with Crippen LogP contribution in [0, 0.1) is 6.92 Å². The minimum atomic E-state index is -0.939. The number of anilines is 1. The molecule has 2 aromatic heterocycles. The van der Waals surface area contributed by atoms with Crippen LogP contribution < -0.4 is 4.90 Å². The fourth-order valence-electron chi connectivity index (χ4n) is 2.66. The summed E-state index contributed by atoms with van der Waals surface area (Å²) in [5.41, 5.74) is 2.52. The Hall–Kier alpha value is -2.08. The van der Waals surface area contributed by atoms with Gasteiger partial charge in [-0.05, 0) is 26.1 Å². The Morgan fingerprint density at radius 2 is 1.95 bits per heavy atom. The highest BCUT2D eigenvalue weighted by molar-refractivity contribution is 5.88. The number of rotatable bonds is 2. The molecule has 6 heteroatoms. The van der Waals surface area contributed by atoms with Crippen molar-refractivity contribution in [2.45, 2.75) is 6.92 Å². The summed E-state index contributed by atoms with van der Waals surface area (Å²) in [6.07, 6.45) is 1.88. The van der Waals surface area contributed by atoms with Gasteiger partial charge < -0.3 is 14.9 Å². The summed E-state index contributed by atoms with van der Waals surface area (Å²) >= 11 is 0. The molecule has 3 heterocycles. The molecule has 20 heavy (non-hydrogen) atoms. The fourth-order valence-corrected chi connectivity index (χ4v) is 2.66. The van der Waals surface area contributed by atoms with Crippen molar-refractivity contribution in [3.05, 3.63) is 29.7 Å². The van der Waals surface area contributed by atoms with Crippen molar-refractivity contribution in [3.63, 3.8) is 0 Å². The number of hydrogen-bond acceptors (Lipinski definition) is 4. The Balaban J connectivity index is 2.01. The number of carboxylic acids is 1. The molecule has 0 atom stereocenters. The van der Waals surface area contributed by atoms with Crippen LogP contribution in [0.15, 0.2) is 18.3 Å². The molecule has 3 rings (SSSR count). The first kappa shape index (κ1) is 12.9. The number of pyridine rings is 1. The highest BCUT2D eigenvalue weighted by Gasteiger charge is 2.18. The Morgan fingerprint density at radius 3 is 2.60 bits per heavy atom. The highest BCUT2D eigenvalue weighted by atomic mass is 16.4. The van der Waals surface area contributed by atoms with Crippen molar-refractivity contribution >= 4 is 17.3 Å². The number of fused-ring (bicyclic) bond motifs is 1. The van der Waals surface area contributed by atoms with Crippen LogP contribution in [0.2, 0.25) is 0 Å². The predicted octanol–water partition coefficient (Wildman–Crippen LogP) is 1.09. The first-order chi connectivity index (χ1) is 9.56. The third-order valence-corrected chi connectivity index (χ3v) is 3.85. The lowest BCUT2D eigenvalue weighted by atomic mass is 10.3. The molecule has 0 unspecified atom stereocenters. The third kappa shape index (κ3) is 2.12. The van der Waals surface area contributed by atoms with Crippen LogP contribution in [0.25, 0.3) is 5.65 Å². The van der Waals surface area contributed by atoms with Crippen LogP contribution in [0.5, 0.6) is 0 Å². The summed E-state index contributed by atoms with van der Waals surface area (Å²) in [5.74, 6) is -0.939. The van der Waals surface area contributed by atoms with Crippen molar-refractivity contribution in [2.24, 2.45) is 0 Å². The van der Waals surface area contributed by atoms with Gasteiger partial charge in [0, 0.05) is 32.4 Å². The maximum Gasteiger partial charge on any atom is 0.354 e. The maximum atomic E-state index is 11.3. The molecule has 0 radical (unpaired) electrons. The summed E-state index contributed by atoms with van der Waals surface area (Å²) in [6, 6.07) is 3.89. The van der Waals surface area contributed by atoms with E-state index in [0.717, 1.165) is 31.9 Å². The Labute approximate surface area is 117 Å². The summed E-state index contributed by atoms with van der Waals surface area (Å²) in [6.45, 7) is 5.68. The molecule has 1 aliphatic rings. The van der Waals surface area contributed by atoms with E-state index >= 15 is 0 Å². The summed E-state index contributed by atoms with van der Waals surface area (Å²) < 4.78 is 1.67. The Bertz CT molecular complexity index is 656. The van der Waals surface area contributed by atoms with E-state index in [-0.39, 0.29) is 5.69 Å². The molecule has 2 aromatic rings. The van der Waals surface area contributed by atoms with E-state index < -0.39 is 5.97 Å². The molecule has 0 spiro atoms. The zero-order valence-corrected chi connectivity index (χ0v) is 11.7. The predicted molar refractivity (Wildman–Crippen MR) is 76.6 cm³/mol. The van der Waals surface area contributed by atoms with Crippen LogP contribution in [0.4, 0.5) is 5.69 Å². The number of carboxylic acid groups (broad SMARTS) is 1. The summed E-state index contributed by atoms with van der Waals surface area (Å²) in [4.78, 5) is 20.2. The molecule has 0 bridgehead atoms. The number of aromatic nitrogens is 2. The van der Waals surface area contributed by atoms with Crippen LogP contribution in [0.1, 0.15) is 16.2 Å². The smallest absolute Gasteiger partial charge is 0.354 e. The van der Waals surface area contributed by atoms with E-state index in [9.17, 15) is 9.90 Å². The zero-order valence-electron chi connectivity index (χ0n) is 11.7. The van der Waals surface area contributed by atoms with Crippen molar-refractivity contribution in [1.82, 2.24) is 14.3 Å². The molecule has 1 fully saturated rings. The number of aryl methyl sites for hydroxylation is 1. The van der Waals surface area contributed by atoms with Gasteiger partial charge in [-0.1, -0.05) is 0 Å². The lowest BCUT2D eigenvalue weighted by Crippen LogP contribution is -2.44. The van der Waals surface area contributed by atoms with Gasteiger partial charge in [-0.2, -0.15) is 0 Å². The number of piperazine rings is 1. The minimum Gasteiger partial charge on any atom is -0.477 e. The zero-order chi connectivity index (χ0) is 14.3. The average Bonchev–Trinajstić information content (AvgIpc) is 2.74. The minimum absolute atomic E-state index is 0.246. The second-order valence-electron chi connectivity index (χ2n) is 5.26. The number of aromatic carboxylic acids is 1. The first-order valence-electron chi connectivity index (χ1n) is 6.72. The van der Waals surface area contributed by atoms with E-state index in [1.807, 2.05) is 18.3 Å². The first-order valence-corrected chi connectivity index (χ1v) is 6.72. The maximum absolute atomic E-state index is 11.3. The molecule has 0 saturated carbocycles. The SMILES string of the molecule is Cc1nc2ccc(N3CCN(C)CC3)cn2c1C(=O)O. The number of carbonyl (C=O) groups is 1. The fraction of sp³-hybridized carbons (Fsp3) is 0.429. The highest BCUT2D eigenvalue weighted by Crippen LogP contribution is 2.20. The quantitative estimate of drug-likeness (QED) is 0.888. The molecule has 106 valence electrons. The van der Waals surface area contributed by atoms with Gasteiger partial charge in [-0.3, -0.25) is 4.40 Å². The molecule has 6 nitrogen and oxygen atoms in total. The van der Waals surface area contributed by atoms with E-state index in [2.05, 4.69) is 21.8 Å². The second kappa shape index (κ2) is 4.79. The number of imidazole rings is 1. The molecule has 1 saturated heterocycles. The van der Waals surface area contributed by atoms with Crippen LogP contribution in [-0.2, 0) is 0 Å².